The van der Waals surface area contributed by atoms with Crippen molar-refractivity contribution in [3.8, 4) is 0 Å². The third-order valence-electron chi connectivity index (χ3n) is 2.90. The number of ether oxygens (including phenoxy) is 1. The maximum Gasteiger partial charge on any atom is 0.319 e. The summed E-state index contributed by atoms with van der Waals surface area (Å²) in [7, 11) is 0. The first-order valence-electron chi connectivity index (χ1n) is 7.51. The van der Waals surface area contributed by atoms with Gasteiger partial charge >= 0.3 is 12.0 Å². The van der Waals surface area contributed by atoms with Gasteiger partial charge in [-0.1, -0.05) is 12.1 Å². The zero-order chi connectivity index (χ0) is 16.8. The van der Waals surface area contributed by atoms with Crippen LogP contribution in [0, 0.1) is 13.8 Å². The third kappa shape index (κ3) is 7.11. The molecule has 2 N–H and O–H groups in total. The van der Waals surface area contributed by atoms with Crippen LogP contribution in [-0.2, 0) is 9.53 Å². The molecule has 0 saturated heterocycles. The van der Waals surface area contributed by atoms with Crippen molar-refractivity contribution < 1.29 is 14.3 Å². The lowest BCUT2D eigenvalue weighted by Gasteiger charge is -2.19. The molecule has 1 aromatic carbocycles. The molecule has 122 valence electrons. The Morgan fingerprint density at radius 2 is 1.86 bits per heavy atom. The maximum absolute atomic E-state index is 11.8. The molecular formula is C17H26N2O3. The molecule has 1 aromatic rings. The van der Waals surface area contributed by atoms with E-state index in [-0.39, 0.29) is 12.0 Å². The second-order valence-corrected chi connectivity index (χ2v) is 6.39. The summed E-state index contributed by atoms with van der Waals surface area (Å²) in [5, 5.41) is 5.55. The summed E-state index contributed by atoms with van der Waals surface area (Å²) >= 11 is 0. The molecule has 0 spiro atoms. The standard InChI is InChI=1S/C17H26N2O3/c1-12-8-9-13(2)14(11-12)19-16(21)18-10-6-7-15(20)22-17(3,4)5/h8-9,11H,6-7,10H2,1-5H3,(H2,18,19,21). The predicted octanol–water partition coefficient (Wildman–Crippen LogP) is 3.55. The van der Waals surface area contributed by atoms with E-state index in [1.807, 2.05) is 52.8 Å². The van der Waals surface area contributed by atoms with Gasteiger partial charge in [0.05, 0.1) is 0 Å². The number of nitrogens with one attached hydrogen (secondary N) is 2. The summed E-state index contributed by atoms with van der Waals surface area (Å²) in [6.07, 6.45) is 0.843. The smallest absolute Gasteiger partial charge is 0.319 e. The Morgan fingerprint density at radius 3 is 2.50 bits per heavy atom. The summed E-state index contributed by atoms with van der Waals surface area (Å²) < 4.78 is 5.20. The molecule has 0 aliphatic rings. The molecular weight excluding hydrogens is 280 g/mol. The topological polar surface area (TPSA) is 67.4 Å². The largest absolute Gasteiger partial charge is 0.460 e. The van der Waals surface area contributed by atoms with Crippen LogP contribution in [0.5, 0.6) is 0 Å². The summed E-state index contributed by atoms with van der Waals surface area (Å²) in [6.45, 7) is 9.85. The van der Waals surface area contributed by atoms with Gasteiger partial charge in [-0.3, -0.25) is 4.79 Å². The predicted molar refractivity (Wildman–Crippen MR) is 88.0 cm³/mol. The minimum absolute atomic E-state index is 0.246. The molecule has 0 aliphatic carbocycles. The molecule has 0 radical (unpaired) electrons. The van der Waals surface area contributed by atoms with Gasteiger partial charge in [0.2, 0.25) is 0 Å². The zero-order valence-electron chi connectivity index (χ0n) is 14.1. The Kier molecular flexibility index (Phi) is 6.40. The minimum atomic E-state index is -0.468. The van der Waals surface area contributed by atoms with Crippen LogP contribution in [0.4, 0.5) is 10.5 Å². The van der Waals surface area contributed by atoms with Crippen LogP contribution in [-0.4, -0.2) is 24.1 Å². The van der Waals surface area contributed by atoms with Crippen LogP contribution in [0.15, 0.2) is 18.2 Å². The zero-order valence-corrected chi connectivity index (χ0v) is 14.1. The highest BCUT2D eigenvalue weighted by Gasteiger charge is 2.15. The molecule has 5 nitrogen and oxygen atoms in total. The summed E-state index contributed by atoms with van der Waals surface area (Å²) in [6, 6.07) is 5.63. The van der Waals surface area contributed by atoms with E-state index in [1.54, 1.807) is 0 Å². The third-order valence-corrected chi connectivity index (χ3v) is 2.90. The van der Waals surface area contributed by atoms with E-state index < -0.39 is 5.60 Å². The van der Waals surface area contributed by atoms with Gasteiger partial charge in [-0.25, -0.2) is 4.79 Å². The molecule has 0 aromatic heterocycles. The summed E-state index contributed by atoms with van der Waals surface area (Å²) in [5.41, 5.74) is 2.43. The molecule has 2 amide bonds. The maximum atomic E-state index is 11.8. The van der Waals surface area contributed by atoms with Crippen LogP contribution in [0.2, 0.25) is 0 Å². The van der Waals surface area contributed by atoms with Crippen molar-refractivity contribution in [1.29, 1.82) is 0 Å². The first-order valence-corrected chi connectivity index (χ1v) is 7.51. The average molecular weight is 306 g/mol. The number of esters is 1. The van der Waals surface area contributed by atoms with Gasteiger partial charge in [0.15, 0.2) is 0 Å². The Labute approximate surface area is 132 Å². The van der Waals surface area contributed by atoms with Gasteiger partial charge < -0.3 is 15.4 Å². The van der Waals surface area contributed by atoms with Gasteiger partial charge in [0.25, 0.3) is 0 Å². The second-order valence-electron chi connectivity index (χ2n) is 6.39. The molecule has 1 rings (SSSR count). The minimum Gasteiger partial charge on any atom is -0.460 e. The van der Waals surface area contributed by atoms with Gasteiger partial charge in [-0.2, -0.15) is 0 Å². The Bertz CT molecular complexity index is 533. The average Bonchev–Trinajstić information content (AvgIpc) is 2.37. The number of aryl methyl sites for hydroxylation is 2. The number of hydrogen-bond donors (Lipinski definition) is 2. The van der Waals surface area contributed by atoms with Crippen molar-refractivity contribution >= 4 is 17.7 Å². The Morgan fingerprint density at radius 1 is 1.18 bits per heavy atom. The van der Waals surface area contributed by atoms with Crippen molar-refractivity contribution in [3.05, 3.63) is 29.3 Å². The molecule has 0 fully saturated rings. The molecule has 0 aliphatic heterocycles. The molecule has 0 saturated carbocycles. The molecule has 5 heteroatoms. The van der Waals surface area contributed by atoms with E-state index in [9.17, 15) is 9.59 Å². The quantitative estimate of drug-likeness (QED) is 0.646. The lowest BCUT2D eigenvalue weighted by atomic mass is 10.1. The first-order chi connectivity index (χ1) is 10.2. The fraction of sp³-hybridized carbons (Fsp3) is 0.529. The van der Waals surface area contributed by atoms with E-state index in [1.165, 1.54) is 0 Å². The molecule has 0 atom stereocenters. The van der Waals surface area contributed by atoms with Gasteiger partial charge in [0.1, 0.15) is 5.60 Å². The van der Waals surface area contributed by atoms with Gasteiger partial charge in [-0.05, 0) is 58.2 Å². The molecule has 0 bridgehead atoms. The van der Waals surface area contributed by atoms with Crippen LogP contribution >= 0.6 is 0 Å². The number of carbonyl (C=O) groups is 2. The second kappa shape index (κ2) is 7.82. The summed E-state index contributed by atoms with van der Waals surface area (Å²) in [4.78, 5) is 23.3. The van der Waals surface area contributed by atoms with Crippen molar-refractivity contribution in [2.45, 2.75) is 53.1 Å². The van der Waals surface area contributed by atoms with Crippen molar-refractivity contribution in [2.24, 2.45) is 0 Å². The van der Waals surface area contributed by atoms with Gasteiger partial charge in [-0.15, -0.1) is 0 Å². The molecule has 0 heterocycles. The van der Waals surface area contributed by atoms with Crippen LogP contribution in [0.25, 0.3) is 0 Å². The highest BCUT2D eigenvalue weighted by molar-refractivity contribution is 5.90. The van der Waals surface area contributed by atoms with E-state index in [2.05, 4.69) is 10.6 Å². The monoisotopic (exact) mass is 306 g/mol. The van der Waals surface area contributed by atoms with Crippen LogP contribution in [0.1, 0.15) is 44.7 Å². The number of urea groups is 1. The molecule has 22 heavy (non-hydrogen) atoms. The highest BCUT2D eigenvalue weighted by atomic mass is 16.6. The van der Waals surface area contributed by atoms with Gasteiger partial charge in [0, 0.05) is 18.7 Å². The number of benzene rings is 1. The lowest BCUT2D eigenvalue weighted by molar-refractivity contribution is -0.154. The fourth-order valence-corrected chi connectivity index (χ4v) is 1.86. The van der Waals surface area contributed by atoms with Crippen LogP contribution in [0.3, 0.4) is 0 Å². The van der Waals surface area contributed by atoms with E-state index in [0.29, 0.717) is 19.4 Å². The first kappa shape index (κ1) is 18.0. The number of anilines is 1. The van der Waals surface area contributed by atoms with Crippen molar-refractivity contribution in [1.82, 2.24) is 5.32 Å². The SMILES string of the molecule is Cc1ccc(C)c(NC(=O)NCCCC(=O)OC(C)(C)C)c1. The fourth-order valence-electron chi connectivity index (χ4n) is 1.86. The van der Waals surface area contributed by atoms with Crippen molar-refractivity contribution in [2.75, 3.05) is 11.9 Å². The Balaban J connectivity index is 2.29. The number of rotatable bonds is 5. The van der Waals surface area contributed by atoms with E-state index >= 15 is 0 Å². The van der Waals surface area contributed by atoms with E-state index in [4.69, 9.17) is 4.74 Å². The Hall–Kier alpha value is -2.04. The van der Waals surface area contributed by atoms with Crippen LogP contribution < -0.4 is 10.6 Å². The number of carbonyl (C=O) groups excluding carboxylic acids is 2. The summed E-state index contributed by atoms with van der Waals surface area (Å²) in [5.74, 6) is -0.246. The normalized spacial score (nSPS) is 11.0. The number of amides is 2. The lowest BCUT2D eigenvalue weighted by Crippen LogP contribution is -2.30. The van der Waals surface area contributed by atoms with Crippen molar-refractivity contribution in [3.63, 3.8) is 0 Å². The highest BCUT2D eigenvalue weighted by Crippen LogP contribution is 2.16. The van der Waals surface area contributed by atoms with E-state index in [0.717, 1.165) is 16.8 Å². The molecule has 0 unspecified atom stereocenters. The number of hydrogen-bond acceptors (Lipinski definition) is 3.